The van der Waals surface area contributed by atoms with Gasteiger partial charge in [0.25, 0.3) is 0 Å². The Morgan fingerprint density at radius 2 is 1.73 bits per heavy atom. The molecular weight excluding hydrogens is 134 g/mol. The monoisotopic (exact) mass is 155 g/mol. The lowest BCUT2D eigenvalue weighted by Gasteiger charge is -2.36. The number of hydrogen-bond acceptors (Lipinski definition) is 1. The van der Waals surface area contributed by atoms with Gasteiger partial charge < -0.3 is 4.90 Å². The molecule has 1 aliphatic rings. The molecule has 1 nitrogen and oxygen atoms in total. The predicted molar refractivity (Wildman–Crippen MR) is 49.7 cm³/mol. The first-order valence-corrected chi connectivity index (χ1v) is 4.86. The Hall–Kier alpha value is -0.0400. The van der Waals surface area contributed by atoms with Crippen LogP contribution >= 0.6 is 0 Å². The molecule has 0 bridgehead atoms. The summed E-state index contributed by atoms with van der Waals surface area (Å²) in [6, 6.07) is 0. The summed E-state index contributed by atoms with van der Waals surface area (Å²) in [6.45, 7) is 11.0. The fraction of sp³-hybridized carbons (Fsp3) is 1.00. The molecule has 1 heterocycles. The maximum atomic E-state index is 2.59. The average molecular weight is 155 g/mol. The van der Waals surface area contributed by atoms with Gasteiger partial charge in [-0.3, -0.25) is 0 Å². The van der Waals surface area contributed by atoms with E-state index in [4.69, 9.17) is 0 Å². The Kier molecular flexibility index (Phi) is 2.94. The fourth-order valence-corrected chi connectivity index (χ4v) is 1.70. The second kappa shape index (κ2) is 3.57. The highest BCUT2D eigenvalue weighted by atomic mass is 15.1. The Morgan fingerprint density at radius 1 is 1.18 bits per heavy atom. The van der Waals surface area contributed by atoms with Crippen molar-refractivity contribution < 1.29 is 0 Å². The number of hydrogen-bond donors (Lipinski definition) is 0. The largest absolute Gasteiger partial charge is 0.303 e. The summed E-state index contributed by atoms with van der Waals surface area (Å²) in [5.41, 5.74) is 0.615. The van der Waals surface area contributed by atoms with Gasteiger partial charge in [-0.15, -0.1) is 0 Å². The van der Waals surface area contributed by atoms with E-state index in [9.17, 15) is 0 Å². The van der Waals surface area contributed by atoms with Crippen molar-refractivity contribution in [1.29, 1.82) is 0 Å². The van der Waals surface area contributed by atoms with Crippen LogP contribution in [0.25, 0.3) is 0 Å². The van der Waals surface area contributed by atoms with E-state index in [0.29, 0.717) is 5.41 Å². The molecule has 0 atom stereocenters. The predicted octanol–water partition coefficient (Wildman–Crippen LogP) is 2.52. The molecule has 1 saturated heterocycles. The second-order valence-electron chi connectivity index (χ2n) is 4.51. The molecule has 0 aliphatic carbocycles. The zero-order valence-corrected chi connectivity index (χ0v) is 8.19. The highest BCUT2D eigenvalue weighted by molar-refractivity contribution is 4.77. The summed E-state index contributed by atoms with van der Waals surface area (Å²) >= 11 is 0. The normalized spacial score (nSPS) is 25.4. The maximum absolute atomic E-state index is 2.59. The zero-order chi connectivity index (χ0) is 8.32. The minimum atomic E-state index is 0.615. The van der Waals surface area contributed by atoms with Crippen LogP contribution in [0.1, 0.15) is 40.0 Å². The van der Waals surface area contributed by atoms with Crippen molar-refractivity contribution in [3.8, 4) is 0 Å². The maximum Gasteiger partial charge on any atom is -0.00136 e. The van der Waals surface area contributed by atoms with Crippen LogP contribution in [0.2, 0.25) is 0 Å². The van der Waals surface area contributed by atoms with Gasteiger partial charge in [-0.2, -0.15) is 0 Å². The number of piperidine rings is 1. The SMILES string of the molecule is CCCN1CCC(C)(C)CC1. The Labute approximate surface area is 70.8 Å². The smallest absolute Gasteiger partial charge is 0.00136 e. The summed E-state index contributed by atoms with van der Waals surface area (Å²) in [6.07, 6.45) is 4.07. The third-order valence-corrected chi connectivity index (χ3v) is 2.75. The summed E-state index contributed by atoms with van der Waals surface area (Å²) < 4.78 is 0. The quantitative estimate of drug-likeness (QED) is 0.592. The van der Waals surface area contributed by atoms with E-state index in [2.05, 4.69) is 25.7 Å². The van der Waals surface area contributed by atoms with Gasteiger partial charge in [0.05, 0.1) is 0 Å². The molecule has 0 aromatic heterocycles. The van der Waals surface area contributed by atoms with Gasteiger partial charge >= 0.3 is 0 Å². The molecule has 1 heteroatoms. The summed E-state index contributed by atoms with van der Waals surface area (Å²) in [4.78, 5) is 2.59. The first-order valence-electron chi connectivity index (χ1n) is 4.86. The Morgan fingerprint density at radius 3 is 2.18 bits per heavy atom. The van der Waals surface area contributed by atoms with Gasteiger partial charge in [-0.1, -0.05) is 20.8 Å². The molecule has 0 aromatic rings. The Bertz CT molecular complexity index is 108. The lowest BCUT2D eigenvalue weighted by atomic mass is 9.83. The van der Waals surface area contributed by atoms with Gasteiger partial charge in [-0.25, -0.2) is 0 Å². The highest BCUT2D eigenvalue weighted by Gasteiger charge is 2.24. The molecule has 0 N–H and O–H groups in total. The molecule has 0 aromatic carbocycles. The summed E-state index contributed by atoms with van der Waals surface area (Å²) in [7, 11) is 0. The lowest BCUT2D eigenvalue weighted by Crippen LogP contribution is -2.37. The summed E-state index contributed by atoms with van der Waals surface area (Å²) in [5.74, 6) is 0. The van der Waals surface area contributed by atoms with Gasteiger partial charge in [0.1, 0.15) is 0 Å². The number of nitrogens with zero attached hydrogens (tertiary/aromatic N) is 1. The first-order chi connectivity index (χ1) is 5.14. The van der Waals surface area contributed by atoms with E-state index in [1.165, 1.54) is 38.9 Å². The zero-order valence-electron chi connectivity index (χ0n) is 8.19. The van der Waals surface area contributed by atoms with Gasteiger partial charge in [-0.05, 0) is 44.3 Å². The van der Waals surface area contributed by atoms with Gasteiger partial charge in [0.2, 0.25) is 0 Å². The molecule has 0 spiro atoms. The molecular formula is C10H21N. The van der Waals surface area contributed by atoms with Crippen LogP contribution in [-0.4, -0.2) is 24.5 Å². The molecule has 1 aliphatic heterocycles. The van der Waals surface area contributed by atoms with Crippen LogP contribution in [-0.2, 0) is 0 Å². The van der Waals surface area contributed by atoms with Crippen LogP contribution in [0.4, 0.5) is 0 Å². The molecule has 66 valence electrons. The molecule has 0 radical (unpaired) electrons. The summed E-state index contributed by atoms with van der Waals surface area (Å²) in [5, 5.41) is 0. The van der Waals surface area contributed by atoms with E-state index in [1.807, 2.05) is 0 Å². The topological polar surface area (TPSA) is 3.24 Å². The van der Waals surface area contributed by atoms with Crippen LogP contribution in [0, 0.1) is 5.41 Å². The minimum absolute atomic E-state index is 0.615. The molecule has 1 fully saturated rings. The van der Waals surface area contributed by atoms with E-state index >= 15 is 0 Å². The molecule has 1 rings (SSSR count). The molecule has 0 saturated carbocycles. The van der Waals surface area contributed by atoms with E-state index < -0.39 is 0 Å². The molecule has 0 unspecified atom stereocenters. The van der Waals surface area contributed by atoms with Crippen molar-refractivity contribution in [2.75, 3.05) is 19.6 Å². The van der Waals surface area contributed by atoms with Crippen LogP contribution < -0.4 is 0 Å². The average Bonchev–Trinajstić information content (AvgIpc) is 1.94. The number of rotatable bonds is 2. The third-order valence-electron chi connectivity index (χ3n) is 2.75. The number of likely N-dealkylation sites (tertiary alicyclic amines) is 1. The fourth-order valence-electron chi connectivity index (χ4n) is 1.70. The van der Waals surface area contributed by atoms with Crippen LogP contribution in [0.3, 0.4) is 0 Å². The van der Waals surface area contributed by atoms with Crippen molar-refractivity contribution >= 4 is 0 Å². The van der Waals surface area contributed by atoms with Crippen molar-refractivity contribution in [2.24, 2.45) is 5.41 Å². The standard InChI is InChI=1S/C10H21N/c1-4-7-11-8-5-10(2,3)6-9-11/h4-9H2,1-3H3. The lowest BCUT2D eigenvalue weighted by molar-refractivity contribution is 0.133. The Balaban J connectivity index is 2.25. The highest BCUT2D eigenvalue weighted by Crippen LogP contribution is 2.29. The van der Waals surface area contributed by atoms with E-state index in [0.717, 1.165) is 0 Å². The van der Waals surface area contributed by atoms with Crippen LogP contribution in [0.15, 0.2) is 0 Å². The van der Waals surface area contributed by atoms with E-state index in [-0.39, 0.29) is 0 Å². The van der Waals surface area contributed by atoms with Crippen molar-refractivity contribution in [2.45, 2.75) is 40.0 Å². The second-order valence-corrected chi connectivity index (χ2v) is 4.51. The first kappa shape index (κ1) is 9.05. The van der Waals surface area contributed by atoms with E-state index in [1.54, 1.807) is 0 Å². The van der Waals surface area contributed by atoms with Crippen molar-refractivity contribution in [3.63, 3.8) is 0 Å². The van der Waals surface area contributed by atoms with Crippen molar-refractivity contribution in [1.82, 2.24) is 4.90 Å². The molecule has 0 amide bonds. The van der Waals surface area contributed by atoms with Gasteiger partial charge in [0.15, 0.2) is 0 Å². The van der Waals surface area contributed by atoms with Crippen molar-refractivity contribution in [3.05, 3.63) is 0 Å². The molecule has 11 heavy (non-hydrogen) atoms. The van der Waals surface area contributed by atoms with Gasteiger partial charge in [0, 0.05) is 0 Å². The van der Waals surface area contributed by atoms with Crippen LogP contribution in [0.5, 0.6) is 0 Å². The third kappa shape index (κ3) is 2.82. The minimum Gasteiger partial charge on any atom is -0.303 e.